The molecule has 0 aliphatic heterocycles. The van der Waals surface area contributed by atoms with E-state index >= 15 is 0 Å². The Labute approximate surface area is 159 Å². The third-order valence-electron chi connectivity index (χ3n) is 4.07. The highest BCUT2D eigenvalue weighted by Crippen LogP contribution is 2.20. The quantitative estimate of drug-likeness (QED) is 0.710. The van der Waals surface area contributed by atoms with Crippen LogP contribution in [0.3, 0.4) is 0 Å². The summed E-state index contributed by atoms with van der Waals surface area (Å²) < 4.78 is 5.57. The van der Waals surface area contributed by atoms with Crippen molar-refractivity contribution in [1.82, 2.24) is 5.32 Å². The van der Waals surface area contributed by atoms with Crippen LogP contribution in [0.5, 0.6) is 5.75 Å². The van der Waals surface area contributed by atoms with Crippen molar-refractivity contribution >= 4 is 22.4 Å². The van der Waals surface area contributed by atoms with Gasteiger partial charge in [0.25, 0.3) is 5.91 Å². The van der Waals surface area contributed by atoms with Crippen molar-refractivity contribution in [3.8, 4) is 17.6 Å². The lowest BCUT2D eigenvalue weighted by Gasteiger charge is -2.13. The summed E-state index contributed by atoms with van der Waals surface area (Å²) in [7, 11) is 3.96. The molecule has 0 fully saturated rings. The lowest BCUT2D eigenvalue weighted by Crippen LogP contribution is -2.29. The van der Waals surface area contributed by atoms with Crippen molar-refractivity contribution in [2.45, 2.75) is 0 Å². The van der Waals surface area contributed by atoms with Gasteiger partial charge in [0.1, 0.15) is 5.75 Å². The molecule has 3 aromatic rings. The van der Waals surface area contributed by atoms with Crippen LogP contribution in [0.2, 0.25) is 0 Å². The molecule has 0 saturated carbocycles. The molecular formula is C23H22N2O2. The number of nitrogens with zero attached hydrogens (tertiary/aromatic N) is 1. The Balaban J connectivity index is 1.50. The number of amides is 1. The molecule has 0 radical (unpaired) electrons. The molecule has 27 heavy (non-hydrogen) atoms. The zero-order valence-electron chi connectivity index (χ0n) is 15.5. The smallest absolute Gasteiger partial charge is 0.258 e. The van der Waals surface area contributed by atoms with Crippen molar-refractivity contribution in [3.63, 3.8) is 0 Å². The van der Waals surface area contributed by atoms with Gasteiger partial charge < -0.3 is 15.0 Å². The van der Waals surface area contributed by atoms with Crippen molar-refractivity contribution in [1.29, 1.82) is 0 Å². The molecule has 136 valence electrons. The summed E-state index contributed by atoms with van der Waals surface area (Å²) in [4.78, 5) is 14.0. The zero-order chi connectivity index (χ0) is 19.1. The predicted molar refractivity (Wildman–Crippen MR) is 110 cm³/mol. The average Bonchev–Trinajstić information content (AvgIpc) is 2.69. The van der Waals surface area contributed by atoms with Crippen molar-refractivity contribution in [3.05, 3.63) is 72.3 Å². The number of carbonyl (C=O) groups excluding carboxylic acids is 1. The molecule has 0 spiro atoms. The zero-order valence-corrected chi connectivity index (χ0v) is 15.5. The van der Waals surface area contributed by atoms with Gasteiger partial charge in [0.2, 0.25) is 0 Å². The van der Waals surface area contributed by atoms with Gasteiger partial charge in [-0.25, -0.2) is 0 Å². The van der Waals surface area contributed by atoms with E-state index in [0.717, 1.165) is 22.0 Å². The molecule has 0 aliphatic rings. The normalized spacial score (nSPS) is 10.0. The second-order valence-electron chi connectivity index (χ2n) is 6.29. The van der Waals surface area contributed by atoms with E-state index in [9.17, 15) is 4.79 Å². The number of rotatable bonds is 5. The number of para-hydroxylation sites is 1. The van der Waals surface area contributed by atoms with Gasteiger partial charge in [-0.1, -0.05) is 54.3 Å². The van der Waals surface area contributed by atoms with Crippen molar-refractivity contribution < 1.29 is 9.53 Å². The van der Waals surface area contributed by atoms with Crippen LogP contribution < -0.4 is 15.0 Å². The maximum absolute atomic E-state index is 12.0. The molecule has 3 rings (SSSR count). The van der Waals surface area contributed by atoms with E-state index in [-0.39, 0.29) is 19.1 Å². The maximum atomic E-state index is 12.0. The molecule has 0 aliphatic carbocycles. The largest absolute Gasteiger partial charge is 0.484 e. The number of carbonyl (C=O) groups is 1. The first-order valence-electron chi connectivity index (χ1n) is 8.77. The number of fused-ring (bicyclic) bond motifs is 1. The van der Waals surface area contributed by atoms with Crippen LogP contribution in [-0.4, -0.2) is 33.2 Å². The summed E-state index contributed by atoms with van der Waals surface area (Å²) >= 11 is 0. The summed E-state index contributed by atoms with van der Waals surface area (Å²) in [5, 5.41) is 4.98. The summed E-state index contributed by atoms with van der Waals surface area (Å²) in [6, 6.07) is 21.7. The second kappa shape index (κ2) is 8.77. The highest BCUT2D eigenvalue weighted by atomic mass is 16.5. The summed E-state index contributed by atoms with van der Waals surface area (Å²) in [5.74, 6) is 6.56. The van der Waals surface area contributed by atoms with E-state index in [2.05, 4.69) is 17.2 Å². The Kier molecular flexibility index (Phi) is 5.96. The van der Waals surface area contributed by atoms with E-state index in [1.807, 2.05) is 85.7 Å². The van der Waals surface area contributed by atoms with Gasteiger partial charge in [-0.05, 0) is 35.0 Å². The highest BCUT2D eigenvalue weighted by Gasteiger charge is 2.03. The maximum Gasteiger partial charge on any atom is 0.258 e. The summed E-state index contributed by atoms with van der Waals surface area (Å²) in [6.45, 7) is 0.246. The molecular weight excluding hydrogens is 336 g/mol. The number of benzene rings is 3. The average molecular weight is 358 g/mol. The van der Waals surface area contributed by atoms with Gasteiger partial charge in [-0.15, -0.1) is 0 Å². The van der Waals surface area contributed by atoms with Gasteiger partial charge >= 0.3 is 0 Å². The molecule has 1 N–H and O–H groups in total. The van der Waals surface area contributed by atoms with Gasteiger partial charge in [-0.2, -0.15) is 0 Å². The molecule has 0 saturated heterocycles. The number of anilines is 1. The SMILES string of the molecule is CN(C)c1ccccc1C#CCNC(=O)COc1ccc2ccccc2c1. The van der Waals surface area contributed by atoms with E-state index < -0.39 is 0 Å². The van der Waals surface area contributed by atoms with E-state index in [0.29, 0.717) is 5.75 Å². The third kappa shape index (κ3) is 5.02. The fraction of sp³-hybridized carbons (Fsp3) is 0.174. The van der Waals surface area contributed by atoms with E-state index in [4.69, 9.17) is 4.74 Å². The minimum atomic E-state index is -0.196. The number of hydrogen-bond acceptors (Lipinski definition) is 3. The lowest BCUT2D eigenvalue weighted by molar-refractivity contribution is -0.122. The Morgan fingerprint density at radius 1 is 1.00 bits per heavy atom. The van der Waals surface area contributed by atoms with Crippen LogP contribution in [0.1, 0.15) is 5.56 Å². The summed E-state index contributed by atoms with van der Waals surface area (Å²) in [6.07, 6.45) is 0. The Bertz CT molecular complexity index is 1000. The van der Waals surface area contributed by atoms with Gasteiger partial charge in [0, 0.05) is 19.7 Å². The topological polar surface area (TPSA) is 41.6 Å². The standard InChI is InChI=1S/C23H22N2O2/c1-25(2)22-12-6-5-9-19(22)11-7-15-24-23(26)17-27-21-14-13-18-8-3-4-10-20(18)16-21/h3-6,8-10,12-14,16H,15,17H2,1-2H3,(H,24,26). The van der Waals surface area contributed by atoms with Crippen LogP contribution in [0.25, 0.3) is 10.8 Å². The van der Waals surface area contributed by atoms with Crippen LogP contribution in [0.4, 0.5) is 5.69 Å². The Morgan fingerprint density at radius 2 is 1.74 bits per heavy atom. The van der Waals surface area contributed by atoms with E-state index in [1.165, 1.54) is 0 Å². The molecule has 4 heteroatoms. The third-order valence-corrected chi connectivity index (χ3v) is 4.07. The minimum Gasteiger partial charge on any atom is -0.484 e. The van der Waals surface area contributed by atoms with Crippen LogP contribution in [0, 0.1) is 11.8 Å². The van der Waals surface area contributed by atoms with Crippen LogP contribution in [0.15, 0.2) is 66.7 Å². The van der Waals surface area contributed by atoms with Crippen molar-refractivity contribution in [2.75, 3.05) is 32.1 Å². The molecule has 0 bridgehead atoms. The summed E-state index contributed by atoms with van der Waals surface area (Å²) in [5.41, 5.74) is 1.99. The first kappa shape index (κ1) is 18.3. The fourth-order valence-electron chi connectivity index (χ4n) is 2.71. The molecule has 0 aromatic heterocycles. The fourth-order valence-corrected chi connectivity index (χ4v) is 2.71. The van der Waals surface area contributed by atoms with Gasteiger partial charge in [-0.3, -0.25) is 4.79 Å². The molecule has 3 aromatic carbocycles. The number of hydrogen-bond donors (Lipinski definition) is 1. The number of ether oxygens (including phenoxy) is 1. The minimum absolute atomic E-state index is 0.0334. The number of nitrogens with one attached hydrogen (secondary N) is 1. The van der Waals surface area contributed by atoms with Crippen LogP contribution >= 0.6 is 0 Å². The van der Waals surface area contributed by atoms with Gasteiger partial charge in [0.15, 0.2) is 6.61 Å². The van der Waals surface area contributed by atoms with Crippen LogP contribution in [-0.2, 0) is 4.79 Å². The molecule has 0 atom stereocenters. The predicted octanol–water partition coefficient (Wildman–Crippen LogP) is 3.45. The molecule has 1 amide bonds. The molecule has 0 unspecified atom stereocenters. The van der Waals surface area contributed by atoms with Crippen molar-refractivity contribution in [2.24, 2.45) is 0 Å². The Morgan fingerprint density at radius 3 is 2.56 bits per heavy atom. The monoisotopic (exact) mass is 358 g/mol. The van der Waals surface area contributed by atoms with E-state index in [1.54, 1.807) is 0 Å². The Hall–Kier alpha value is -3.45. The second-order valence-corrected chi connectivity index (χ2v) is 6.29. The first-order chi connectivity index (χ1) is 13.1. The van der Waals surface area contributed by atoms with Gasteiger partial charge in [0.05, 0.1) is 12.2 Å². The first-order valence-corrected chi connectivity index (χ1v) is 8.77. The molecule has 0 heterocycles. The lowest BCUT2D eigenvalue weighted by atomic mass is 10.1. The highest BCUT2D eigenvalue weighted by molar-refractivity contribution is 5.84. The molecule has 4 nitrogen and oxygen atoms in total.